The van der Waals surface area contributed by atoms with Crippen LogP contribution < -0.4 is 8.56 Å². The molecular weight excluding hydrogens is 256 g/mol. The molecule has 0 radical (unpaired) electrons. The van der Waals surface area contributed by atoms with Crippen molar-refractivity contribution in [1.29, 1.82) is 0 Å². The van der Waals surface area contributed by atoms with E-state index in [2.05, 4.69) is 9.75 Å². The van der Waals surface area contributed by atoms with E-state index in [0.29, 0.717) is 5.69 Å². The van der Waals surface area contributed by atoms with Crippen LogP contribution in [0.2, 0.25) is 0 Å². The smallest absolute Gasteiger partial charge is 0.315 e. The molecule has 0 saturated carbocycles. The summed E-state index contributed by atoms with van der Waals surface area (Å²) in [5.41, 5.74) is 0.421. The number of benzene rings is 1. The Kier molecular flexibility index (Phi) is 2.68. The Balaban J connectivity index is 2.35. The number of phenolic OH excluding ortho intramolecular Hbond substituents is 1. The monoisotopic (exact) mass is 267 g/mol. The molecule has 0 bridgehead atoms. The molecular formula is C11H11N2O2S2+. The summed E-state index contributed by atoms with van der Waals surface area (Å²) in [6.45, 7) is 2.13. The number of nitroso groups, excluding NO2 is 1. The average Bonchev–Trinajstić information content (AvgIpc) is 2.98. The van der Waals surface area contributed by atoms with Crippen molar-refractivity contribution < 1.29 is 5.11 Å². The third-order valence-electron chi connectivity index (χ3n) is 2.91. The van der Waals surface area contributed by atoms with Crippen LogP contribution >= 0.6 is 22.7 Å². The van der Waals surface area contributed by atoms with Gasteiger partial charge in [-0.15, -0.1) is 4.91 Å². The summed E-state index contributed by atoms with van der Waals surface area (Å²) < 4.78 is 5.04. The Morgan fingerprint density at radius 2 is 1.88 bits per heavy atom. The predicted molar refractivity (Wildman–Crippen MR) is 71.1 cm³/mol. The molecule has 4 nitrogen and oxygen atoms in total. The lowest BCUT2D eigenvalue weighted by Gasteiger charge is -1.93. The van der Waals surface area contributed by atoms with Gasteiger partial charge >= 0.3 is 3.98 Å². The van der Waals surface area contributed by atoms with E-state index >= 15 is 0 Å². The van der Waals surface area contributed by atoms with E-state index in [4.69, 9.17) is 0 Å². The fourth-order valence-electron chi connectivity index (χ4n) is 2.04. The van der Waals surface area contributed by atoms with Crippen LogP contribution in [-0.4, -0.2) is 18.2 Å². The zero-order valence-electron chi connectivity index (χ0n) is 9.05. The van der Waals surface area contributed by atoms with Gasteiger partial charge in [0.15, 0.2) is 0 Å². The molecule has 1 aromatic heterocycles. The lowest BCUT2D eigenvalue weighted by atomic mass is 10.3. The van der Waals surface area contributed by atoms with Crippen LogP contribution in [0.1, 0.15) is 12.8 Å². The summed E-state index contributed by atoms with van der Waals surface area (Å²) in [7, 11) is 0. The molecule has 6 heteroatoms. The minimum Gasteiger partial charge on any atom is -0.506 e. The summed E-state index contributed by atoms with van der Waals surface area (Å²) in [5, 5.41) is 12.8. The van der Waals surface area contributed by atoms with Crippen molar-refractivity contribution in [2.45, 2.75) is 12.8 Å². The normalized spacial score (nSPS) is 15.6. The van der Waals surface area contributed by atoms with E-state index in [9.17, 15) is 10.0 Å². The Morgan fingerprint density at radius 1 is 1.18 bits per heavy atom. The number of hydrogen-bond acceptors (Lipinski definition) is 5. The van der Waals surface area contributed by atoms with Crippen molar-refractivity contribution in [3.63, 3.8) is 0 Å². The summed E-state index contributed by atoms with van der Waals surface area (Å²) in [6.07, 6.45) is 2.43. The highest BCUT2D eigenvalue weighted by atomic mass is 32.2. The number of fused-ring (bicyclic) bond motifs is 1. The molecule has 0 spiro atoms. The molecule has 1 fully saturated rings. The van der Waals surface area contributed by atoms with Gasteiger partial charge in [0.05, 0.1) is 9.40 Å². The maximum atomic E-state index is 10.7. The molecule has 3 rings (SSSR count). The molecule has 0 aliphatic carbocycles. The number of hydrogen-bond donors (Lipinski definition) is 1. The number of aromatic hydroxyl groups is 1. The molecule has 1 aromatic carbocycles. The molecule has 0 amide bonds. The SMILES string of the molecule is O=Nc1ccc(O)c2sc(=[N+]3CCCC3)sc12. The van der Waals surface area contributed by atoms with Gasteiger partial charge in [-0.25, -0.2) is 4.58 Å². The van der Waals surface area contributed by atoms with Gasteiger partial charge in [0.25, 0.3) is 0 Å². The second kappa shape index (κ2) is 4.19. The van der Waals surface area contributed by atoms with Gasteiger partial charge in [-0.05, 0) is 17.3 Å². The van der Waals surface area contributed by atoms with Crippen molar-refractivity contribution >= 4 is 37.8 Å². The first-order valence-electron chi connectivity index (χ1n) is 5.46. The predicted octanol–water partition coefficient (Wildman–Crippen LogP) is 2.63. The second-order valence-corrected chi connectivity index (χ2v) is 6.27. The summed E-state index contributed by atoms with van der Waals surface area (Å²) in [4.78, 5) is 10.7. The van der Waals surface area contributed by atoms with Crippen molar-refractivity contribution in [2.75, 3.05) is 13.1 Å². The number of rotatable bonds is 1. The Hall–Kier alpha value is -1.27. The quantitative estimate of drug-likeness (QED) is 0.638. The van der Waals surface area contributed by atoms with Gasteiger partial charge < -0.3 is 5.11 Å². The summed E-state index contributed by atoms with van der Waals surface area (Å²) in [6, 6.07) is 3.11. The summed E-state index contributed by atoms with van der Waals surface area (Å²) >= 11 is 3.10. The maximum Gasteiger partial charge on any atom is 0.315 e. The van der Waals surface area contributed by atoms with Crippen LogP contribution in [0, 0.1) is 4.91 Å². The highest BCUT2D eigenvalue weighted by Crippen LogP contribution is 2.36. The van der Waals surface area contributed by atoms with Crippen molar-refractivity contribution in [1.82, 2.24) is 4.58 Å². The fraction of sp³-hybridized carbons (Fsp3) is 0.364. The van der Waals surface area contributed by atoms with Crippen LogP contribution in [0.15, 0.2) is 17.3 Å². The second-order valence-electron chi connectivity index (χ2n) is 4.02. The van der Waals surface area contributed by atoms with Gasteiger partial charge in [-0.1, -0.05) is 22.7 Å². The molecule has 88 valence electrons. The highest BCUT2D eigenvalue weighted by molar-refractivity contribution is 7.36. The first kappa shape index (κ1) is 10.9. The van der Waals surface area contributed by atoms with E-state index in [-0.39, 0.29) is 5.75 Å². The zero-order chi connectivity index (χ0) is 11.8. The third-order valence-corrected chi connectivity index (χ3v) is 5.64. The Bertz CT molecular complexity index is 649. The number of phenols is 1. The minimum atomic E-state index is 0.235. The lowest BCUT2D eigenvalue weighted by Crippen LogP contribution is -2.21. The van der Waals surface area contributed by atoms with Gasteiger partial charge in [0.2, 0.25) is 0 Å². The fourth-order valence-corrected chi connectivity index (χ4v) is 4.70. The molecule has 1 N–H and O–H groups in total. The van der Waals surface area contributed by atoms with Crippen molar-refractivity contribution in [3.8, 4) is 5.75 Å². The van der Waals surface area contributed by atoms with Gasteiger partial charge in [0, 0.05) is 12.8 Å². The van der Waals surface area contributed by atoms with Crippen LogP contribution in [0.3, 0.4) is 0 Å². The highest BCUT2D eigenvalue weighted by Gasteiger charge is 2.18. The van der Waals surface area contributed by atoms with Crippen LogP contribution in [-0.2, 0) is 0 Å². The van der Waals surface area contributed by atoms with Crippen molar-refractivity contribution in [3.05, 3.63) is 21.0 Å². The maximum absolute atomic E-state index is 10.7. The van der Waals surface area contributed by atoms with Crippen LogP contribution in [0.25, 0.3) is 9.40 Å². The summed E-state index contributed by atoms with van der Waals surface area (Å²) in [5.74, 6) is 0.235. The zero-order valence-corrected chi connectivity index (χ0v) is 10.7. The molecule has 17 heavy (non-hydrogen) atoms. The van der Waals surface area contributed by atoms with E-state index in [1.54, 1.807) is 28.7 Å². The van der Waals surface area contributed by atoms with E-state index in [1.807, 2.05) is 0 Å². The standard InChI is InChI=1S/C11H10N2O2S2/c14-8-4-3-7(12-15)9-10(8)17-11(16-9)13-5-1-2-6-13/h3-4H,1-2,5-6H2/p+1. The largest absolute Gasteiger partial charge is 0.506 e. The number of nitrogens with zero attached hydrogens (tertiary/aromatic N) is 2. The van der Waals surface area contributed by atoms with Gasteiger partial charge in [-0.3, -0.25) is 0 Å². The molecule has 1 aliphatic heterocycles. The van der Waals surface area contributed by atoms with Crippen molar-refractivity contribution in [2.24, 2.45) is 5.18 Å². The first-order chi connectivity index (χ1) is 8.29. The average molecular weight is 267 g/mol. The van der Waals surface area contributed by atoms with Crippen LogP contribution in [0.5, 0.6) is 5.75 Å². The molecule has 2 aromatic rings. The topological polar surface area (TPSA) is 52.7 Å². The van der Waals surface area contributed by atoms with E-state index in [1.165, 1.54) is 18.9 Å². The van der Waals surface area contributed by atoms with E-state index in [0.717, 1.165) is 26.5 Å². The molecule has 0 atom stereocenters. The molecule has 1 aliphatic rings. The minimum absolute atomic E-state index is 0.235. The third kappa shape index (κ3) is 1.77. The Morgan fingerprint density at radius 3 is 2.59 bits per heavy atom. The van der Waals surface area contributed by atoms with Gasteiger partial charge in [-0.2, -0.15) is 0 Å². The molecule has 0 unspecified atom stereocenters. The van der Waals surface area contributed by atoms with Crippen LogP contribution in [0.4, 0.5) is 5.69 Å². The molecule has 2 heterocycles. The lowest BCUT2D eigenvalue weighted by molar-refractivity contribution is 0.482. The van der Waals surface area contributed by atoms with Gasteiger partial charge in [0.1, 0.15) is 24.5 Å². The molecule has 1 saturated heterocycles. The Labute approximate surface area is 105 Å². The first-order valence-corrected chi connectivity index (χ1v) is 7.10. The van der Waals surface area contributed by atoms with E-state index < -0.39 is 0 Å².